The Kier molecular flexibility index (Phi) is 4.87. The van der Waals surface area contributed by atoms with Crippen molar-refractivity contribution in [1.29, 1.82) is 0 Å². The van der Waals surface area contributed by atoms with Gasteiger partial charge in [0.15, 0.2) is 0 Å². The summed E-state index contributed by atoms with van der Waals surface area (Å²) in [7, 11) is 1.34. The molecule has 2 aromatic rings. The fourth-order valence-corrected chi connectivity index (χ4v) is 2.15. The fourth-order valence-electron chi connectivity index (χ4n) is 2.15. The Morgan fingerprint density at radius 3 is 2.86 bits per heavy atom. The fraction of sp³-hybridized carbons (Fsp3) is 0.312. The minimum absolute atomic E-state index is 0.128. The second-order valence-corrected chi connectivity index (χ2v) is 4.87. The van der Waals surface area contributed by atoms with E-state index in [4.69, 9.17) is 0 Å². The Labute approximate surface area is 123 Å². The predicted octanol–water partition coefficient (Wildman–Crippen LogP) is 2.83. The molecule has 0 aliphatic carbocycles. The number of hydrogen-bond donors (Lipinski definition) is 1. The molecule has 1 heterocycles. The number of esters is 1. The Bertz CT molecular complexity index is 668. The van der Waals surface area contributed by atoms with E-state index >= 15 is 0 Å². The summed E-state index contributed by atoms with van der Waals surface area (Å²) in [6.45, 7) is 1.97. The van der Waals surface area contributed by atoms with Crippen LogP contribution in [0.5, 0.6) is 0 Å². The number of pyridine rings is 1. The number of aromatic nitrogens is 1. The molecule has 0 atom stereocenters. The van der Waals surface area contributed by atoms with Crippen molar-refractivity contribution < 1.29 is 14.3 Å². The van der Waals surface area contributed by atoms with Crippen LogP contribution in [0.2, 0.25) is 0 Å². The van der Waals surface area contributed by atoms with Crippen LogP contribution in [-0.4, -0.2) is 24.0 Å². The van der Waals surface area contributed by atoms with E-state index in [9.17, 15) is 9.59 Å². The topological polar surface area (TPSA) is 68.3 Å². The molecule has 0 aliphatic rings. The van der Waals surface area contributed by atoms with Gasteiger partial charge in [-0.2, -0.15) is 0 Å². The molecule has 1 N–H and O–H groups in total. The van der Waals surface area contributed by atoms with Crippen molar-refractivity contribution in [2.75, 3.05) is 12.4 Å². The molecule has 1 aromatic heterocycles. The van der Waals surface area contributed by atoms with Gasteiger partial charge in [0.2, 0.25) is 5.91 Å². The quantitative estimate of drug-likeness (QED) is 0.858. The van der Waals surface area contributed by atoms with Crippen molar-refractivity contribution in [2.45, 2.75) is 26.2 Å². The third-order valence-corrected chi connectivity index (χ3v) is 3.14. The number of rotatable bonds is 5. The maximum absolute atomic E-state index is 11.9. The molecule has 1 amide bonds. The number of fused-ring (bicyclic) bond motifs is 1. The van der Waals surface area contributed by atoms with Gasteiger partial charge in [-0.3, -0.25) is 14.6 Å². The van der Waals surface area contributed by atoms with Crippen molar-refractivity contribution in [3.8, 4) is 0 Å². The first kappa shape index (κ1) is 15.0. The van der Waals surface area contributed by atoms with E-state index in [0.29, 0.717) is 12.1 Å². The molecule has 2 rings (SSSR count). The maximum Gasteiger partial charge on any atom is 0.305 e. The number of carbonyl (C=O) groups is 2. The molecule has 5 nitrogen and oxygen atoms in total. The van der Waals surface area contributed by atoms with Crippen LogP contribution in [0.15, 0.2) is 30.5 Å². The van der Waals surface area contributed by atoms with Gasteiger partial charge in [0.25, 0.3) is 0 Å². The molecule has 0 saturated carbocycles. The second-order valence-electron chi connectivity index (χ2n) is 4.87. The monoisotopic (exact) mass is 286 g/mol. The molecule has 21 heavy (non-hydrogen) atoms. The van der Waals surface area contributed by atoms with Crippen LogP contribution in [0.3, 0.4) is 0 Å². The molecular weight excluding hydrogens is 268 g/mol. The summed E-state index contributed by atoms with van der Waals surface area (Å²) in [5, 5.41) is 3.85. The molecular formula is C16H18N2O3. The number of aryl methyl sites for hydroxylation is 1. The highest BCUT2D eigenvalue weighted by Gasteiger charge is 2.09. The van der Waals surface area contributed by atoms with Crippen molar-refractivity contribution >= 4 is 28.5 Å². The highest BCUT2D eigenvalue weighted by atomic mass is 16.5. The van der Waals surface area contributed by atoms with Crippen molar-refractivity contribution in [3.05, 3.63) is 36.0 Å². The number of nitrogens with one attached hydrogen (secondary N) is 1. The van der Waals surface area contributed by atoms with Gasteiger partial charge in [-0.05, 0) is 37.1 Å². The number of benzene rings is 1. The van der Waals surface area contributed by atoms with Crippen LogP contribution in [0.1, 0.15) is 24.8 Å². The number of methoxy groups -OCH3 is 1. The van der Waals surface area contributed by atoms with Gasteiger partial charge in [-0.1, -0.05) is 6.07 Å². The third kappa shape index (κ3) is 4.02. The molecule has 0 fully saturated rings. The predicted molar refractivity (Wildman–Crippen MR) is 81.0 cm³/mol. The van der Waals surface area contributed by atoms with Gasteiger partial charge >= 0.3 is 5.97 Å². The van der Waals surface area contributed by atoms with Gasteiger partial charge < -0.3 is 10.1 Å². The van der Waals surface area contributed by atoms with E-state index in [-0.39, 0.29) is 24.7 Å². The van der Waals surface area contributed by atoms with E-state index in [2.05, 4.69) is 15.0 Å². The van der Waals surface area contributed by atoms with E-state index in [0.717, 1.165) is 16.5 Å². The lowest BCUT2D eigenvalue weighted by molar-refractivity contribution is -0.140. The van der Waals surface area contributed by atoms with Gasteiger partial charge in [-0.25, -0.2) is 0 Å². The maximum atomic E-state index is 11.9. The molecule has 1 aromatic carbocycles. The summed E-state index contributed by atoms with van der Waals surface area (Å²) in [6, 6.07) is 7.74. The molecule has 0 aliphatic heterocycles. The van der Waals surface area contributed by atoms with Crippen LogP contribution in [-0.2, 0) is 14.3 Å². The number of nitrogens with zero attached hydrogens (tertiary/aromatic N) is 1. The normalized spacial score (nSPS) is 10.4. The van der Waals surface area contributed by atoms with Gasteiger partial charge in [0.1, 0.15) is 0 Å². The summed E-state index contributed by atoms with van der Waals surface area (Å²) in [5.41, 5.74) is 2.53. The van der Waals surface area contributed by atoms with E-state index < -0.39 is 0 Å². The molecule has 0 spiro atoms. The summed E-state index contributed by atoms with van der Waals surface area (Å²) >= 11 is 0. The lowest BCUT2D eigenvalue weighted by Gasteiger charge is -2.09. The molecule has 0 bridgehead atoms. The molecule has 0 unspecified atom stereocenters. The zero-order valence-corrected chi connectivity index (χ0v) is 12.2. The number of carbonyl (C=O) groups excluding carboxylic acids is 2. The first-order valence-electron chi connectivity index (χ1n) is 6.82. The summed E-state index contributed by atoms with van der Waals surface area (Å²) in [4.78, 5) is 27.3. The Balaban J connectivity index is 2.05. The number of amides is 1. The smallest absolute Gasteiger partial charge is 0.305 e. The van der Waals surface area contributed by atoms with Crippen molar-refractivity contribution in [2.24, 2.45) is 0 Å². The van der Waals surface area contributed by atoms with Crippen LogP contribution in [0.4, 0.5) is 5.69 Å². The molecule has 110 valence electrons. The second kappa shape index (κ2) is 6.83. The zero-order valence-electron chi connectivity index (χ0n) is 12.2. The van der Waals surface area contributed by atoms with Gasteiger partial charge in [0, 0.05) is 24.4 Å². The lowest BCUT2D eigenvalue weighted by Crippen LogP contribution is -2.13. The molecule has 0 radical (unpaired) electrons. The van der Waals surface area contributed by atoms with Gasteiger partial charge in [-0.15, -0.1) is 0 Å². The lowest BCUT2D eigenvalue weighted by atomic mass is 10.1. The minimum Gasteiger partial charge on any atom is -0.469 e. The average molecular weight is 286 g/mol. The van der Waals surface area contributed by atoms with Crippen LogP contribution in [0.25, 0.3) is 10.9 Å². The standard InChI is InChI=1S/C16H18N2O3/c1-11-9-12-5-4-8-17-16(12)13(10-11)18-14(19)6-3-7-15(20)21-2/h4-5,8-10H,3,6-7H2,1-2H3,(H,18,19). The van der Waals surface area contributed by atoms with E-state index in [1.165, 1.54) is 7.11 Å². The molecule has 5 heteroatoms. The van der Waals surface area contributed by atoms with Crippen LogP contribution >= 0.6 is 0 Å². The largest absolute Gasteiger partial charge is 0.469 e. The highest BCUT2D eigenvalue weighted by molar-refractivity contribution is 6.00. The SMILES string of the molecule is COC(=O)CCCC(=O)Nc1cc(C)cc2cccnc12. The Hall–Kier alpha value is -2.43. The van der Waals surface area contributed by atoms with Crippen molar-refractivity contribution in [1.82, 2.24) is 4.98 Å². The van der Waals surface area contributed by atoms with Gasteiger partial charge in [0.05, 0.1) is 18.3 Å². The summed E-state index contributed by atoms with van der Waals surface area (Å²) in [6.07, 6.45) is 2.69. The average Bonchev–Trinajstić information content (AvgIpc) is 2.46. The Morgan fingerprint density at radius 1 is 1.29 bits per heavy atom. The first-order chi connectivity index (χ1) is 10.1. The van der Waals surface area contributed by atoms with Crippen LogP contribution in [0, 0.1) is 6.92 Å². The van der Waals surface area contributed by atoms with Crippen molar-refractivity contribution in [3.63, 3.8) is 0 Å². The van der Waals surface area contributed by atoms with E-state index in [1.54, 1.807) is 6.20 Å². The third-order valence-electron chi connectivity index (χ3n) is 3.14. The highest BCUT2D eigenvalue weighted by Crippen LogP contribution is 2.23. The minimum atomic E-state index is -0.300. The van der Waals surface area contributed by atoms with E-state index in [1.807, 2.05) is 31.2 Å². The van der Waals surface area contributed by atoms with Crippen LogP contribution < -0.4 is 5.32 Å². The summed E-state index contributed by atoms with van der Waals surface area (Å²) < 4.78 is 4.54. The first-order valence-corrected chi connectivity index (χ1v) is 6.82. The number of anilines is 1. The molecule has 0 saturated heterocycles. The Morgan fingerprint density at radius 2 is 2.10 bits per heavy atom. The zero-order chi connectivity index (χ0) is 15.2. The summed E-state index contributed by atoms with van der Waals surface area (Å²) in [5.74, 6) is -0.429. The number of ether oxygens (including phenoxy) is 1. The number of hydrogen-bond acceptors (Lipinski definition) is 4.